The summed E-state index contributed by atoms with van der Waals surface area (Å²) in [5.41, 5.74) is 1.26. The Hall–Kier alpha value is -2.61. The summed E-state index contributed by atoms with van der Waals surface area (Å²) in [6.45, 7) is 1.75. The first-order valence-electron chi connectivity index (χ1n) is 6.59. The number of sulfonamides is 1. The molecule has 0 aliphatic carbocycles. The number of esters is 1. The third kappa shape index (κ3) is 3.78. The fraction of sp³-hybridized carbons (Fsp3) is 0.200. The molecule has 0 aliphatic heterocycles. The average Bonchev–Trinajstić information content (AvgIpc) is 2.53. The zero-order valence-corrected chi connectivity index (χ0v) is 13.7. The number of aryl methyl sites for hydroxylation is 1. The minimum absolute atomic E-state index is 0.0474. The highest BCUT2D eigenvalue weighted by Crippen LogP contribution is 2.27. The van der Waals surface area contributed by atoms with Gasteiger partial charge in [0.15, 0.2) is 0 Å². The van der Waals surface area contributed by atoms with E-state index in [0.717, 1.165) is 0 Å². The molecule has 1 aromatic heterocycles. The lowest BCUT2D eigenvalue weighted by molar-refractivity contribution is 0.0600. The molecule has 0 aliphatic rings. The van der Waals surface area contributed by atoms with Crippen molar-refractivity contribution in [1.82, 2.24) is 4.98 Å². The number of hydrogen-bond acceptors (Lipinski definition) is 6. The Kier molecular flexibility index (Phi) is 4.85. The van der Waals surface area contributed by atoms with E-state index in [4.69, 9.17) is 4.74 Å². The highest BCUT2D eigenvalue weighted by atomic mass is 32.2. The summed E-state index contributed by atoms with van der Waals surface area (Å²) < 4.78 is 37.2. The molecule has 7 nitrogen and oxygen atoms in total. The summed E-state index contributed by atoms with van der Waals surface area (Å²) in [6, 6.07) is 7.12. The standard InChI is InChI=1S/C15H16N2O5S/c1-10-8-12(6-7-16-10)17-23(19,20)14-5-4-11(15(18)22-3)9-13(14)21-2/h4-9H,1-3H3,(H,16,17). The van der Waals surface area contributed by atoms with Crippen LogP contribution in [0.1, 0.15) is 16.1 Å². The molecule has 0 bridgehead atoms. The lowest BCUT2D eigenvalue weighted by Crippen LogP contribution is -2.15. The molecule has 2 aromatic rings. The van der Waals surface area contributed by atoms with Gasteiger partial charge < -0.3 is 9.47 Å². The largest absolute Gasteiger partial charge is 0.495 e. The van der Waals surface area contributed by atoms with E-state index >= 15 is 0 Å². The molecule has 23 heavy (non-hydrogen) atoms. The predicted molar refractivity (Wildman–Crippen MR) is 84.1 cm³/mol. The first kappa shape index (κ1) is 16.8. The van der Waals surface area contributed by atoms with Crippen molar-refractivity contribution in [2.75, 3.05) is 18.9 Å². The normalized spacial score (nSPS) is 10.9. The molecule has 122 valence electrons. The van der Waals surface area contributed by atoms with E-state index in [-0.39, 0.29) is 16.2 Å². The van der Waals surface area contributed by atoms with Crippen molar-refractivity contribution < 1.29 is 22.7 Å². The van der Waals surface area contributed by atoms with E-state index in [1.165, 1.54) is 38.6 Å². The molecule has 0 saturated heterocycles. The van der Waals surface area contributed by atoms with Gasteiger partial charge >= 0.3 is 5.97 Å². The third-order valence-electron chi connectivity index (χ3n) is 3.02. The maximum absolute atomic E-state index is 12.5. The monoisotopic (exact) mass is 336 g/mol. The fourth-order valence-corrected chi connectivity index (χ4v) is 3.16. The van der Waals surface area contributed by atoms with Crippen LogP contribution in [0.25, 0.3) is 0 Å². The Bertz CT molecular complexity index is 834. The smallest absolute Gasteiger partial charge is 0.337 e. The number of methoxy groups -OCH3 is 2. The van der Waals surface area contributed by atoms with Crippen LogP contribution >= 0.6 is 0 Å². The zero-order chi connectivity index (χ0) is 17.0. The Labute approximate surface area is 134 Å². The molecular weight excluding hydrogens is 320 g/mol. The van der Waals surface area contributed by atoms with Crippen LogP contribution in [0.5, 0.6) is 5.75 Å². The van der Waals surface area contributed by atoms with Crippen molar-refractivity contribution in [2.24, 2.45) is 0 Å². The second-order valence-electron chi connectivity index (χ2n) is 4.65. The predicted octanol–water partition coefficient (Wildman–Crippen LogP) is 1.99. The van der Waals surface area contributed by atoms with Gasteiger partial charge in [-0.05, 0) is 37.3 Å². The number of anilines is 1. The SMILES string of the molecule is COC(=O)c1ccc(S(=O)(=O)Nc2ccnc(C)c2)c(OC)c1. The summed E-state index contributed by atoms with van der Waals surface area (Å²) in [7, 11) is -1.31. The summed E-state index contributed by atoms with van der Waals surface area (Å²) in [4.78, 5) is 15.4. The number of hydrogen-bond donors (Lipinski definition) is 1. The molecule has 0 fully saturated rings. The molecule has 0 unspecified atom stereocenters. The molecule has 2 rings (SSSR count). The van der Waals surface area contributed by atoms with E-state index in [9.17, 15) is 13.2 Å². The van der Waals surface area contributed by atoms with E-state index in [1.54, 1.807) is 19.1 Å². The van der Waals surface area contributed by atoms with Crippen LogP contribution in [0.2, 0.25) is 0 Å². The Morgan fingerprint density at radius 1 is 1.17 bits per heavy atom. The van der Waals surface area contributed by atoms with Gasteiger partial charge in [0.25, 0.3) is 10.0 Å². The molecule has 8 heteroatoms. The second kappa shape index (κ2) is 6.66. The first-order valence-corrected chi connectivity index (χ1v) is 8.07. The van der Waals surface area contributed by atoms with E-state index in [1.807, 2.05) is 0 Å². The van der Waals surface area contributed by atoms with Crippen LogP contribution in [0.15, 0.2) is 41.4 Å². The lowest BCUT2D eigenvalue weighted by atomic mass is 10.2. The molecule has 0 amide bonds. The molecule has 1 N–H and O–H groups in total. The minimum atomic E-state index is -3.88. The average molecular weight is 336 g/mol. The van der Waals surface area contributed by atoms with Crippen molar-refractivity contribution in [3.8, 4) is 5.75 Å². The third-order valence-corrected chi connectivity index (χ3v) is 4.44. The number of carbonyl (C=O) groups excluding carboxylic acids is 1. The number of benzene rings is 1. The number of carbonyl (C=O) groups is 1. The number of pyridine rings is 1. The number of aromatic nitrogens is 1. The van der Waals surface area contributed by atoms with Crippen molar-refractivity contribution in [3.05, 3.63) is 47.8 Å². The van der Waals surface area contributed by atoms with Crippen LogP contribution in [0, 0.1) is 6.92 Å². The summed E-state index contributed by atoms with van der Waals surface area (Å²) >= 11 is 0. The molecule has 0 radical (unpaired) electrons. The molecule has 1 heterocycles. The van der Waals surface area contributed by atoms with Crippen LogP contribution in [-0.2, 0) is 14.8 Å². The second-order valence-corrected chi connectivity index (χ2v) is 6.30. The van der Waals surface area contributed by atoms with Crippen LogP contribution < -0.4 is 9.46 Å². The van der Waals surface area contributed by atoms with Gasteiger partial charge in [-0.15, -0.1) is 0 Å². The highest BCUT2D eigenvalue weighted by molar-refractivity contribution is 7.92. The van der Waals surface area contributed by atoms with E-state index in [2.05, 4.69) is 14.4 Å². The van der Waals surface area contributed by atoms with E-state index < -0.39 is 16.0 Å². The fourth-order valence-electron chi connectivity index (χ4n) is 1.95. The summed E-state index contributed by atoms with van der Waals surface area (Å²) in [5.74, 6) is -0.531. The van der Waals surface area contributed by atoms with Crippen molar-refractivity contribution in [2.45, 2.75) is 11.8 Å². The first-order chi connectivity index (χ1) is 10.9. The molecule has 0 saturated carbocycles. The van der Waals surface area contributed by atoms with Crippen molar-refractivity contribution in [3.63, 3.8) is 0 Å². The Morgan fingerprint density at radius 2 is 1.91 bits per heavy atom. The maximum Gasteiger partial charge on any atom is 0.337 e. The van der Waals surface area contributed by atoms with Crippen molar-refractivity contribution >= 4 is 21.7 Å². The topological polar surface area (TPSA) is 94.6 Å². The van der Waals surface area contributed by atoms with Gasteiger partial charge in [0.2, 0.25) is 0 Å². The maximum atomic E-state index is 12.5. The molecular formula is C15H16N2O5S. The van der Waals surface area contributed by atoms with Gasteiger partial charge in [0.1, 0.15) is 10.6 Å². The van der Waals surface area contributed by atoms with Crippen LogP contribution in [0.3, 0.4) is 0 Å². The number of nitrogens with zero attached hydrogens (tertiary/aromatic N) is 1. The van der Waals surface area contributed by atoms with Crippen LogP contribution in [-0.4, -0.2) is 33.6 Å². The number of nitrogens with one attached hydrogen (secondary N) is 1. The zero-order valence-electron chi connectivity index (χ0n) is 12.9. The van der Waals surface area contributed by atoms with Gasteiger partial charge in [0.05, 0.1) is 25.5 Å². The van der Waals surface area contributed by atoms with Crippen LogP contribution in [0.4, 0.5) is 5.69 Å². The summed E-state index contributed by atoms with van der Waals surface area (Å²) in [5, 5.41) is 0. The summed E-state index contributed by atoms with van der Waals surface area (Å²) in [6.07, 6.45) is 1.50. The highest BCUT2D eigenvalue weighted by Gasteiger charge is 2.21. The number of ether oxygens (including phenoxy) is 2. The Balaban J connectivity index is 2.41. The molecule has 0 spiro atoms. The van der Waals surface area contributed by atoms with Gasteiger partial charge in [-0.25, -0.2) is 13.2 Å². The van der Waals surface area contributed by atoms with E-state index in [0.29, 0.717) is 11.4 Å². The van der Waals surface area contributed by atoms with Gasteiger partial charge in [-0.3, -0.25) is 9.71 Å². The molecule has 1 aromatic carbocycles. The minimum Gasteiger partial charge on any atom is -0.495 e. The lowest BCUT2D eigenvalue weighted by Gasteiger charge is -2.12. The van der Waals surface area contributed by atoms with Gasteiger partial charge in [0, 0.05) is 11.9 Å². The van der Waals surface area contributed by atoms with Gasteiger partial charge in [-0.2, -0.15) is 0 Å². The number of rotatable bonds is 5. The van der Waals surface area contributed by atoms with Crippen molar-refractivity contribution in [1.29, 1.82) is 0 Å². The molecule has 0 atom stereocenters. The quantitative estimate of drug-likeness (QED) is 0.839. The Morgan fingerprint density at radius 3 is 2.52 bits per heavy atom. The van der Waals surface area contributed by atoms with Gasteiger partial charge in [-0.1, -0.05) is 0 Å².